The minimum Gasteiger partial charge on any atom is -0.393 e. The molecule has 22 heteroatoms. The SMILES string of the molecule is Cn1c(=O)n(C2CCC(=O)NC2=O)c2ccc(C3CN(CC(F)(F)Cn4cc(S(=O)(=O)N5CCC(Nc6ncc7c(n6)N(C6CCC[C@@H](O)C6)C(=O)C76CC6)CC5)cn4)C3)c(F)c21. The molecular weight excluding hydrogens is 848 g/mol. The lowest BCUT2D eigenvalue weighted by molar-refractivity contribution is -0.135. The summed E-state index contributed by atoms with van der Waals surface area (Å²) in [7, 11) is -2.66. The number of anilines is 2. The summed E-state index contributed by atoms with van der Waals surface area (Å²) >= 11 is 0. The van der Waals surface area contributed by atoms with E-state index in [0.717, 1.165) is 52.9 Å². The first kappa shape index (κ1) is 41.8. The molecule has 3 saturated heterocycles. The number of piperidine rings is 2. The number of alkyl halides is 2. The Balaban J connectivity index is 0.734. The fourth-order valence-corrected chi connectivity index (χ4v) is 11.8. The third kappa shape index (κ3) is 7.21. The number of rotatable bonds is 11. The Morgan fingerprint density at radius 3 is 2.49 bits per heavy atom. The summed E-state index contributed by atoms with van der Waals surface area (Å²) in [5, 5.41) is 19.8. The van der Waals surface area contributed by atoms with Gasteiger partial charge in [0.15, 0.2) is 5.82 Å². The van der Waals surface area contributed by atoms with Crippen molar-refractivity contribution in [2.24, 2.45) is 7.05 Å². The largest absolute Gasteiger partial charge is 0.393 e. The van der Waals surface area contributed by atoms with Gasteiger partial charge in [-0.2, -0.15) is 14.4 Å². The normalized spacial score (nSPS) is 24.9. The molecule has 0 radical (unpaired) electrons. The number of aryl methyl sites for hydroxylation is 1. The highest BCUT2D eigenvalue weighted by Gasteiger charge is 2.61. The van der Waals surface area contributed by atoms with E-state index in [2.05, 4.69) is 20.7 Å². The molecule has 2 aliphatic carbocycles. The first-order valence-electron chi connectivity index (χ1n) is 21.5. The maximum absolute atomic E-state index is 16.0. The van der Waals surface area contributed by atoms with Crippen LogP contribution in [0.3, 0.4) is 0 Å². The third-order valence-corrected chi connectivity index (χ3v) is 15.7. The van der Waals surface area contributed by atoms with Crippen LogP contribution in [0.5, 0.6) is 0 Å². The summed E-state index contributed by atoms with van der Waals surface area (Å²) in [5.74, 6) is -4.55. The van der Waals surface area contributed by atoms with Gasteiger partial charge in [0.2, 0.25) is 33.7 Å². The van der Waals surface area contributed by atoms with E-state index >= 15 is 13.2 Å². The van der Waals surface area contributed by atoms with Gasteiger partial charge in [0.05, 0.1) is 29.8 Å². The van der Waals surface area contributed by atoms with E-state index in [9.17, 15) is 32.7 Å². The van der Waals surface area contributed by atoms with Crippen molar-refractivity contribution in [1.82, 2.24) is 43.4 Å². The summed E-state index contributed by atoms with van der Waals surface area (Å²) in [6.07, 6.45) is 8.76. The Bertz CT molecular complexity index is 2700. The zero-order valence-corrected chi connectivity index (χ0v) is 35.4. The van der Waals surface area contributed by atoms with E-state index in [4.69, 9.17) is 4.98 Å². The number of imide groups is 1. The van der Waals surface area contributed by atoms with Crippen LogP contribution in [0.25, 0.3) is 11.0 Å². The van der Waals surface area contributed by atoms with Crippen LogP contribution in [-0.4, -0.2) is 126 Å². The van der Waals surface area contributed by atoms with Crippen LogP contribution in [0, 0.1) is 5.82 Å². The molecule has 7 heterocycles. The van der Waals surface area contributed by atoms with Gasteiger partial charge in [-0.25, -0.2) is 31.4 Å². The molecule has 1 spiro atoms. The van der Waals surface area contributed by atoms with Crippen LogP contribution in [0.2, 0.25) is 0 Å². The van der Waals surface area contributed by atoms with Crippen molar-refractivity contribution in [3.63, 3.8) is 0 Å². The fourth-order valence-electron chi connectivity index (χ4n) is 10.4. The number of hydrogen-bond acceptors (Lipinski definition) is 12. The molecule has 3 N–H and O–H groups in total. The highest BCUT2D eigenvalue weighted by atomic mass is 32.2. The Hall–Kier alpha value is -5.19. The maximum atomic E-state index is 16.0. The van der Waals surface area contributed by atoms with Crippen molar-refractivity contribution in [2.45, 2.75) is 117 Å². The number of halogens is 3. The number of aliphatic hydroxyl groups excluding tert-OH is 1. The maximum Gasteiger partial charge on any atom is 0.329 e. The molecule has 5 fully saturated rings. The van der Waals surface area contributed by atoms with Crippen molar-refractivity contribution in [2.75, 3.05) is 42.9 Å². The van der Waals surface area contributed by atoms with E-state index in [-0.39, 0.29) is 78.5 Å². The molecule has 1 aromatic carbocycles. The second-order valence-corrected chi connectivity index (χ2v) is 20.1. The van der Waals surface area contributed by atoms with Gasteiger partial charge in [0.25, 0.3) is 5.92 Å². The molecule has 0 bridgehead atoms. The smallest absolute Gasteiger partial charge is 0.329 e. The monoisotopic (exact) mass is 895 g/mol. The number of carbonyl (C=O) groups is 3. The highest BCUT2D eigenvalue weighted by Crippen LogP contribution is 2.57. The van der Waals surface area contributed by atoms with Gasteiger partial charge in [-0.3, -0.25) is 43.3 Å². The quantitative estimate of drug-likeness (QED) is 0.185. The number of carbonyl (C=O) groups excluding carboxylic acids is 3. The Labute approximate surface area is 359 Å². The summed E-state index contributed by atoms with van der Waals surface area (Å²) in [4.78, 5) is 63.3. The molecule has 4 aliphatic heterocycles. The molecule has 6 aliphatic rings. The number of hydrogen-bond donors (Lipinski definition) is 3. The summed E-state index contributed by atoms with van der Waals surface area (Å²) < 4.78 is 78.5. The molecule has 63 heavy (non-hydrogen) atoms. The average Bonchev–Trinajstić information content (AvgIpc) is 3.74. The molecule has 4 aromatic rings. The topological polar surface area (TPSA) is 210 Å². The van der Waals surface area contributed by atoms with Gasteiger partial charge in [-0.05, 0) is 69.4 Å². The van der Waals surface area contributed by atoms with Crippen molar-refractivity contribution < 1.29 is 41.1 Å². The zero-order chi connectivity index (χ0) is 44.2. The van der Waals surface area contributed by atoms with E-state index < -0.39 is 75.8 Å². The van der Waals surface area contributed by atoms with E-state index in [1.54, 1.807) is 11.1 Å². The van der Waals surface area contributed by atoms with Crippen LogP contribution in [0.1, 0.15) is 87.3 Å². The number of likely N-dealkylation sites (tertiary alicyclic amines) is 1. The number of aliphatic hydroxyl groups is 1. The molecule has 336 valence electrons. The molecular formula is C41H48F3N11O7S. The highest BCUT2D eigenvalue weighted by molar-refractivity contribution is 7.89. The van der Waals surface area contributed by atoms with Crippen LogP contribution in [0.15, 0.2) is 40.4 Å². The first-order chi connectivity index (χ1) is 30.0. The van der Waals surface area contributed by atoms with Crippen molar-refractivity contribution in [3.8, 4) is 0 Å². The average molecular weight is 896 g/mol. The molecule has 10 rings (SSSR count). The number of amides is 3. The van der Waals surface area contributed by atoms with Crippen LogP contribution in [-0.2, 0) is 43.4 Å². The second kappa shape index (κ2) is 15.2. The van der Waals surface area contributed by atoms with Gasteiger partial charge >= 0.3 is 5.69 Å². The van der Waals surface area contributed by atoms with Crippen molar-refractivity contribution >= 4 is 50.5 Å². The molecule has 3 atom stereocenters. The summed E-state index contributed by atoms with van der Waals surface area (Å²) in [5.41, 5.74) is 0.0726. The van der Waals surface area contributed by atoms with Gasteiger partial charge in [-0.1, -0.05) is 6.07 Å². The van der Waals surface area contributed by atoms with Gasteiger partial charge in [0, 0.05) is 75.6 Å². The molecule has 3 amide bonds. The van der Waals surface area contributed by atoms with E-state index in [1.165, 1.54) is 33.0 Å². The van der Waals surface area contributed by atoms with Crippen LogP contribution >= 0.6 is 0 Å². The summed E-state index contributed by atoms with van der Waals surface area (Å²) in [6.45, 7) is -0.999. The van der Waals surface area contributed by atoms with Gasteiger partial charge < -0.3 is 10.4 Å². The number of nitrogens with one attached hydrogen (secondary N) is 2. The number of imidazole rings is 1. The minimum atomic E-state index is -4.05. The molecule has 18 nitrogen and oxygen atoms in total. The number of fused-ring (bicyclic) bond motifs is 3. The predicted octanol–water partition coefficient (Wildman–Crippen LogP) is 2.12. The summed E-state index contributed by atoms with van der Waals surface area (Å²) in [6, 6.07) is 1.77. The lowest BCUT2D eigenvalue weighted by atomic mass is 9.90. The second-order valence-electron chi connectivity index (χ2n) is 18.1. The van der Waals surface area contributed by atoms with Crippen molar-refractivity contribution in [1.29, 1.82) is 0 Å². The van der Waals surface area contributed by atoms with Gasteiger partial charge in [-0.15, -0.1) is 0 Å². The lowest BCUT2D eigenvalue weighted by Crippen LogP contribution is -2.51. The van der Waals surface area contributed by atoms with E-state index in [1.807, 2.05) is 0 Å². The Morgan fingerprint density at radius 2 is 1.78 bits per heavy atom. The Kier molecular flexibility index (Phi) is 10.1. The lowest BCUT2D eigenvalue weighted by Gasteiger charge is -2.41. The predicted molar refractivity (Wildman–Crippen MR) is 219 cm³/mol. The fraction of sp³-hybridized carbons (Fsp3) is 0.585. The molecule has 3 aromatic heterocycles. The first-order valence-corrected chi connectivity index (χ1v) is 23.0. The number of nitrogens with zero attached hydrogens (tertiary/aromatic N) is 9. The van der Waals surface area contributed by atoms with Crippen LogP contribution in [0.4, 0.5) is 24.9 Å². The van der Waals surface area contributed by atoms with Crippen LogP contribution < -0.4 is 21.2 Å². The number of benzene rings is 1. The molecule has 2 unspecified atom stereocenters. The Morgan fingerprint density at radius 1 is 1.02 bits per heavy atom. The zero-order valence-electron chi connectivity index (χ0n) is 34.6. The van der Waals surface area contributed by atoms with Gasteiger partial charge in [0.1, 0.15) is 28.8 Å². The van der Waals surface area contributed by atoms with E-state index in [0.29, 0.717) is 37.4 Å². The third-order valence-electron chi connectivity index (χ3n) is 13.9. The number of sulfonamides is 1. The molecule has 2 saturated carbocycles. The number of aromatic nitrogens is 6. The standard InChI is InChI=1S/C41H48F3N11O7S/c1-50-34-30(55(39(50)60)31-7-8-32(57)48-36(31)58)6-5-28(33(34)42)23-18-51(19-23)21-41(43,44)22-52-20-27(16-46-52)63(61,62)53-13-9-24(10-14-53)47-38-45-17-29-35(49-38)54(37(59)40(29)11-12-40)25-3-2-4-26(56)15-25/h5-6,16-17,20,23-26,31,56H,2-4,7-15,18-19,21-22H2,1H3,(H,45,47,49)(H,48,57,58)/t25?,26-,31?/m1/s1. The van der Waals surface area contributed by atoms with Crippen molar-refractivity contribution in [3.05, 3.63) is 58.2 Å². The minimum absolute atomic E-state index is 0.0176.